The minimum absolute atomic E-state index is 0.0910. The van der Waals surface area contributed by atoms with E-state index in [-0.39, 0.29) is 5.91 Å². The van der Waals surface area contributed by atoms with Gasteiger partial charge in [-0.2, -0.15) is 5.26 Å². The average Bonchev–Trinajstić information content (AvgIpc) is 2.89. The summed E-state index contributed by atoms with van der Waals surface area (Å²) >= 11 is 1.44. The van der Waals surface area contributed by atoms with Crippen molar-refractivity contribution in [2.24, 2.45) is 0 Å². The number of hydrogen-bond donors (Lipinski definition) is 1. The molecule has 21 heavy (non-hydrogen) atoms. The molecule has 0 bridgehead atoms. The third-order valence-electron chi connectivity index (χ3n) is 2.53. The molecule has 0 saturated carbocycles. The van der Waals surface area contributed by atoms with E-state index in [1.165, 1.54) is 17.5 Å². The third-order valence-corrected chi connectivity index (χ3v) is 3.36. The van der Waals surface area contributed by atoms with Crippen LogP contribution < -0.4 is 10.1 Å². The zero-order valence-corrected chi connectivity index (χ0v) is 12.3. The molecule has 0 unspecified atom stereocenters. The number of aryl methyl sites for hydroxylation is 1. The van der Waals surface area contributed by atoms with Crippen molar-refractivity contribution in [2.45, 2.75) is 19.8 Å². The summed E-state index contributed by atoms with van der Waals surface area (Å²) in [4.78, 5) is 20.8. The third kappa shape index (κ3) is 4.85. The summed E-state index contributed by atoms with van der Waals surface area (Å²) in [5.74, 6) is 0.302. The molecule has 7 heteroatoms. The molecule has 0 aliphatic carbocycles. The van der Waals surface area contributed by atoms with Crippen LogP contribution in [0.2, 0.25) is 0 Å². The van der Waals surface area contributed by atoms with Gasteiger partial charge in [-0.1, -0.05) is 0 Å². The van der Waals surface area contributed by atoms with Crippen molar-refractivity contribution >= 4 is 22.4 Å². The highest BCUT2D eigenvalue weighted by Gasteiger charge is 2.05. The number of ether oxygens (including phenoxy) is 1. The first-order valence-corrected chi connectivity index (χ1v) is 7.20. The predicted molar refractivity (Wildman–Crippen MR) is 79.2 cm³/mol. The number of carbonyl (C=O) groups excluding carboxylic acids is 1. The summed E-state index contributed by atoms with van der Waals surface area (Å²) in [5, 5.41) is 12.1. The molecule has 2 aromatic heterocycles. The summed E-state index contributed by atoms with van der Waals surface area (Å²) in [5.41, 5.74) is 0.497. The second-order valence-electron chi connectivity index (χ2n) is 4.27. The first-order chi connectivity index (χ1) is 10.2. The van der Waals surface area contributed by atoms with Crippen molar-refractivity contribution < 1.29 is 9.53 Å². The number of nitriles is 1. The zero-order chi connectivity index (χ0) is 15.1. The lowest BCUT2D eigenvalue weighted by Crippen LogP contribution is -2.12. The van der Waals surface area contributed by atoms with Gasteiger partial charge in [-0.05, 0) is 19.4 Å². The minimum Gasteiger partial charge on any atom is -0.478 e. The number of anilines is 1. The SMILES string of the molecule is Cc1cnc(NC(=O)CCCOc2cc(C#N)ccn2)s1. The highest BCUT2D eigenvalue weighted by molar-refractivity contribution is 7.15. The molecule has 2 rings (SSSR count). The maximum atomic E-state index is 11.7. The number of nitrogens with one attached hydrogen (secondary N) is 1. The molecule has 0 radical (unpaired) electrons. The fraction of sp³-hybridized carbons (Fsp3) is 0.286. The van der Waals surface area contributed by atoms with Gasteiger partial charge >= 0.3 is 0 Å². The van der Waals surface area contributed by atoms with Gasteiger partial charge in [-0.15, -0.1) is 11.3 Å². The Morgan fingerprint density at radius 1 is 1.52 bits per heavy atom. The topological polar surface area (TPSA) is 87.9 Å². The molecule has 6 nitrogen and oxygen atoms in total. The smallest absolute Gasteiger partial charge is 0.226 e. The molecule has 1 N–H and O–H groups in total. The Labute approximate surface area is 126 Å². The van der Waals surface area contributed by atoms with Crippen LogP contribution in [0, 0.1) is 18.3 Å². The van der Waals surface area contributed by atoms with Gasteiger partial charge in [0.15, 0.2) is 5.13 Å². The summed E-state index contributed by atoms with van der Waals surface area (Å²) < 4.78 is 5.40. The van der Waals surface area contributed by atoms with E-state index in [9.17, 15) is 4.79 Å². The van der Waals surface area contributed by atoms with Gasteiger partial charge in [0, 0.05) is 29.8 Å². The van der Waals surface area contributed by atoms with E-state index in [1.807, 2.05) is 13.0 Å². The second kappa shape index (κ2) is 7.36. The molecule has 0 aliphatic rings. The highest BCUT2D eigenvalue weighted by atomic mass is 32.1. The fourth-order valence-corrected chi connectivity index (χ4v) is 2.24. The van der Waals surface area contributed by atoms with E-state index in [1.54, 1.807) is 18.3 Å². The van der Waals surface area contributed by atoms with Crippen molar-refractivity contribution in [3.05, 3.63) is 35.0 Å². The van der Waals surface area contributed by atoms with Gasteiger partial charge in [0.25, 0.3) is 0 Å². The first-order valence-electron chi connectivity index (χ1n) is 6.38. The molecule has 2 aromatic rings. The molecule has 0 saturated heterocycles. The standard InChI is InChI=1S/C14H14N4O2S/c1-10-9-17-14(21-10)18-12(19)3-2-6-20-13-7-11(8-15)4-5-16-13/h4-5,7,9H,2-3,6H2,1H3,(H,17,18,19). The van der Waals surface area contributed by atoms with E-state index >= 15 is 0 Å². The number of pyridine rings is 1. The number of carbonyl (C=O) groups is 1. The Balaban J connectivity index is 1.69. The van der Waals surface area contributed by atoms with E-state index in [4.69, 9.17) is 10.00 Å². The Morgan fingerprint density at radius 3 is 3.10 bits per heavy atom. The van der Waals surface area contributed by atoms with Crippen LogP contribution in [0.4, 0.5) is 5.13 Å². The van der Waals surface area contributed by atoms with Crippen LogP contribution in [0.25, 0.3) is 0 Å². The van der Waals surface area contributed by atoms with Crippen LogP contribution in [0.3, 0.4) is 0 Å². The van der Waals surface area contributed by atoms with Crippen LogP contribution in [0.5, 0.6) is 5.88 Å². The average molecular weight is 302 g/mol. The van der Waals surface area contributed by atoms with Crippen LogP contribution in [0.1, 0.15) is 23.3 Å². The van der Waals surface area contributed by atoms with E-state index < -0.39 is 0 Å². The number of nitrogens with zero attached hydrogens (tertiary/aromatic N) is 3. The van der Waals surface area contributed by atoms with Crippen molar-refractivity contribution in [3.8, 4) is 11.9 Å². The van der Waals surface area contributed by atoms with Crippen LogP contribution >= 0.6 is 11.3 Å². The summed E-state index contributed by atoms with van der Waals surface area (Å²) in [6.45, 7) is 2.30. The van der Waals surface area contributed by atoms with Gasteiger partial charge < -0.3 is 10.1 Å². The minimum atomic E-state index is -0.0910. The van der Waals surface area contributed by atoms with E-state index in [2.05, 4.69) is 15.3 Å². The van der Waals surface area contributed by atoms with E-state index in [0.29, 0.717) is 36.0 Å². The molecular weight excluding hydrogens is 288 g/mol. The van der Waals surface area contributed by atoms with Crippen LogP contribution in [0.15, 0.2) is 24.5 Å². The Morgan fingerprint density at radius 2 is 2.38 bits per heavy atom. The molecule has 0 spiro atoms. The predicted octanol–water partition coefficient (Wildman–Crippen LogP) is 2.52. The highest BCUT2D eigenvalue weighted by Crippen LogP contribution is 2.16. The quantitative estimate of drug-likeness (QED) is 0.828. The fourth-order valence-electron chi connectivity index (χ4n) is 1.56. The van der Waals surface area contributed by atoms with E-state index in [0.717, 1.165) is 4.88 Å². The summed E-state index contributed by atoms with van der Waals surface area (Å²) in [7, 11) is 0. The molecule has 0 aromatic carbocycles. The van der Waals surface area contributed by atoms with Crippen LogP contribution in [-0.2, 0) is 4.79 Å². The maximum absolute atomic E-state index is 11.7. The lowest BCUT2D eigenvalue weighted by molar-refractivity contribution is -0.116. The molecule has 0 fully saturated rings. The Hall–Kier alpha value is -2.46. The second-order valence-corrected chi connectivity index (χ2v) is 5.51. The van der Waals surface area contributed by atoms with Crippen molar-refractivity contribution in [1.82, 2.24) is 9.97 Å². The lowest BCUT2D eigenvalue weighted by Gasteiger charge is -2.05. The van der Waals surface area contributed by atoms with Crippen molar-refractivity contribution in [3.63, 3.8) is 0 Å². The number of amides is 1. The van der Waals surface area contributed by atoms with Crippen molar-refractivity contribution in [2.75, 3.05) is 11.9 Å². The molecule has 2 heterocycles. The van der Waals surface area contributed by atoms with Gasteiger partial charge in [-0.3, -0.25) is 4.79 Å². The van der Waals surface area contributed by atoms with Gasteiger partial charge in [0.05, 0.1) is 18.2 Å². The lowest BCUT2D eigenvalue weighted by atomic mass is 10.3. The summed E-state index contributed by atoms with van der Waals surface area (Å²) in [6.07, 6.45) is 4.15. The largest absolute Gasteiger partial charge is 0.478 e. The molecular formula is C14H14N4O2S. The molecule has 0 aliphatic heterocycles. The first kappa shape index (κ1) is 14.9. The van der Waals surface area contributed by atoms with Gasteiger partial charge in [0.2, 0.25) is 11.8 Å². The Kier molecular flexibility index (Phi) is 5.23. The molecule has 1 amide bonds. The molecule has 108 valence electrons. The normalized spacial score (nSPS) is 9.90. The van der Waals surface area contributed by atoms with Gasteiger partial charge in [-0.25, -0.2) is 9.97 Å². The summed E-state index contributed by atoms with van der Waals surface area (Å²) in [6, 6.07) is 5.19. The maximum Gasteiger partial charge on any atom is 0.226 e. The number of rotatable bonds is 6. The van der Waals surface area contributed by atoms with Crippen molar-refractivity contribution in [1.29, 1.82) is 5.26 Å². The number of thiazole rings is 1. The molecule has 0 atom stereocenters. The van der Waals surface area contributed by atoms with Crippen LogP contribution in [-0.4, -0.2) is 22.5 Å². The zero-order valence-electron chi connectivity index (χ0n) is 11.5. The Bertz CT molecular complexity index is 663. The van der Waals surface area contributed by atoms with Gasteiger partial charge in [0.1, 0.15) is 0 Å². The monoisotopic (exact) mass is 302 g/mol. The number of aromatic nitrogens is 2. The number of hydrogen-bond acceptors (Lipinski definition) is 6.